The maximum Gasteiger partial charge on any atom is 0.416 e. The zero-order chi connectivity index (χ0) is 31.6. The summed E-state index contributed by atoms with van der Waals surface area (Å²) in [5.74, 6) is -6.30. The molecule has 7 N–H and O–H groups in total. The number of aromatic nitrogens is 2. The number of carbonyl (C=O) groups excluding carboxylic acids is 2. The van der Waals surface area contributed by atoms with Gasteiger partial charge >= 0.3 is 18.8 Å². The van der Waals surface area contributed by atoms with Gasteiger partial charge in [0.15, 0.2) is 5.96 Å². The zero-order valence-electron chi connectivity index (χ0n) is 21.7. The molecule has 230 valence electrons. The van der Waals surface area contributed by atoms with Gasteiger partial charge in [-0.25, -0.2) is 9.38 Å². The average molecular weight is 615 g/mol. The van der Waals surface area contributed by atoms with Crippen LogP contribution in [0.1, 0.15) is 39.9 Å². The molecule has 3 aromatic rings. The van der Waals surface area contributed by atoms with E-state index in [1.165, 1.54) is 18.3 Å². The summed E-state index contributed by atoms with van der Waals surface area (Å²) in [5, 5.41) is 19.5. The van der Waals surface area contributed by atoms with Gasteiger partial charge in [-0.05, 0) is 35.9 Å². The second kappa shape index (κ2) is 12.1. The number of benzene rings is 2. The normalized spacial score (nSPS) is 16.7. The lowest BCUT2D eigenvalue weighted by Gasteiger charge is -2.26. The molecule has 0 radical (unpaired) electrons. The van der Waals surface area contributed by atoms with Crippen molar-refractivity contribution in [3.8, 4) is 5.75 Å². The lowest BCUT2D eigenvalue weighted by atomic mass is 9.86. The van der Waals surface area contributed by atoms with Crippen LogP contribution in [0, 0.1) is 0 Å². The number of nitrogens with two attached hydrogens (primary N) is 2. The Morgan fingerprint density at radius 2 is 1.88 bits per heavy atom. The number of nitrogens with one attached hydrogen (secondary N) is 2. The molecule has 4 rings (SSSR count). The highest BCUT2D eigenvalue weighted by molar-refractivity contribution is 6.07. The van der Waals surface area contributed by atoms with E-state index >= 15 is 0 Å². The summed E-state index contributed by atoms with van der Waals surface area (Å²) in [4.78, 5) is 40.9. The van der Waals surface area contributed by atoms with E-state index in [9.17, 15) is 45.8 Å². The van der Waals surface area contributed by atoms with Gasteiger partial charge in [0.05, 0.1) is 42.5 Å². The second-order valence-corrected chi connectivity index (χ2v) is 9.42. The number of aliphatic carboxylic acids is 1. The Kier molecular flexibility index (Phi) is 8.67. The molecular weight excluding hydrogens is 592 g/mol. The average Bonchev–Trinajstić information content (AvgIpc) is 3.32. The van der Waals surface area contributed by atoms with Crippen molar-refractivity contribution in [3.05, 3.63) is 53.2 Å². The van der Waals surface area contributed by atoms with Crippen LogP contribution in [0.5, 0.6) is 5.75 Å². The molecule has 0 spiro atoms. The lowest BCUT2D eigenvalue weighted by Crippen LogP contribution is -2.41. The zero-order valence-corrected chi connectivity index (χ0v) is 21.7. The van der Waals surface area contributed by atoms with Crippen LogP contribution in [0.2, 0.25) is 0 Å². The first-order chi connectivity index (χ1) is 20.1. The van der Waals surface area contributed by atoms with Gasteiger partial charge in [0, 0.05) is 16.9 Å². The lowest BCUT2D eigenvalue weighted by molar-refractivity contribution is -0.138. The number of hydrogen-bond donors (Lipinski definition) is 5. The second-order valence-electron chi connectivity index (χ2n) is 9.42. The van der Waals surface area contributed by atoms with Crippen LogP contribution in [-0.4, -0.2) is 64.5 Å². The smallest absolute Gasteiger partial charge is 0.416 e. The number of anilines is 1. The Labute approximate surface area is 237 Å². The topological polar surface area (TPSA) is 187 Å². The molecule has 0 saturated carbocycles. The SMILES string of the molecule is NC(=O)c1cc(NC2=NCC(F)CN2)c2cnn(C(C(N)=O)[C@@H](CC(=O)O)c3cc(OC(F)F)cc(C(F)(F)F)c3)c2c1. The number of rotatable bonds is 10. The van der Waals surface area contributed by atoms with Crippen LogP contribution in [0.15, 0.2) is 41.5 Å². The molecule has 3 atom stereocenters. The van der Waals surface area contributed by atoms with E-state index in [-0.39, 0.29) is 41.2 Å². The van der Waals surface area contributed by atoms with Crippen LogP contribution in [0.4, 0.5) is 32.0 Å². The highest BCUT2D eigenvalue weighted by atomic mass is 19.4. The Hall–Kier alpha value is -5.03. The predicted octanol–water partition coefficient (Wildman–Crippen LogP) is 2.75. The number of fused-ring (bicyclic) bond motifs is 1. The van der Waals surface area contributed by atoms with E-state index in [0.717, 1.165) is 10.7 Å². The quantitative estimate of drug-likeness (QED) is 0.215. The van der Waals surface area contributed by atoms with E-state index in [2.05, 4.69) is 25.5 Å². The molecule has 0 fully saturated rings. The van der Waals surface area contributed by atoms with Crippen LogP contribution < -0.4 is 26.8 Å². The Morgan fingerprint density at radius 1 is 1.16 bits per heavy atom. The summed E-state index contributed by atoms with van der Waals surface area (Å²) in [7, 11) is 0. The van der Waals surface area contributed by atoms with Gasteiger partial charge in [-0.1, -0.05) is 0 Å². The molecule has 2 heterocycles. The predicted molar refractivity (Wildman–Crippen MR) is 138 cm³/mol. The van der Waals surface area contributed by atoms with Crippen molar-refractivity contribution in [1.29, 1.82) is 0 Å². The van der Waals surface area contributed by atoms with Crippen molar-refractivity contribution in [2.75, 3.05) is 18.4 Å². The summed E-state index contributed by atoms with van der Waals surface area (Å²) in [5.41, 5.74) is 9.10. The number of ether oxygens (including phenoxy) is 1. The molecule has 2 unspecified atom stereocenters. The number of amides is 2. The first-order valence-corrected chi connectivity index (χ1v) is 12.3. The Bertz CT molecular complexity index is 1590. The summed E-state index contributed by atoms with van der Waals surface area (Å²) >= 11 is 0. The minimum absolute atomic E-state index is 0.0335. The fourth-order valence-electron chi connectivity index (χ4n) is 4.60. The molecular formula is C25H23F6N7O5. The summed E-state index contributed by atoms with van der Waals surface area (Å²) in [6, 6.07) is 2.18. The van der Waals surface area contributed by atoms with Gasteiger partial charge < -0.3 is 31.9 Å². The number of nitrogens with zero attached hydrogens (tertiary/aromatic N) is 3. The molecule has 0 aliphatic carbocycles. The van der Waals surface area contributed by atoms with Crippen LogP contribution in [-0.2, 0) is 15.8 Å². The van der Waals surface area contributed by atoms with Crippen LogP contribution in [0.25, 0.3) is 10.9 Å². The number of alkyl halides is 6. The first-order valence-electron chi connectivity index (χ1n) is 12.3. The van der Waals surface area contributed by atoms with Gasteiger partial charge in [0.25, 0.3) is 0 Å². The van der Waals surface area contributed by atoms with Gasteiger partial charge in [-0.3, -0.25) is 19.1 Å². The molecule has 18 heteroatoms. The molecule has 1 aliphatic heterocycles. The Balaban J connectivity index is 1.91. The molecule has 43 heavy (non-hydrogen) atoms. The number of aliphatic imine (C=N–C) groups is 1. The number of guanidine groups is 1. The van der Waals surface area contributed by atoms with Crippen LogP contribution >= 0.6 is 0 Å². The third-order valence-electron chi connectivity index (χ3n) is 6.43. The largest absolute Gasteiger partial charge is 0.481 e. The molecule has 2 amide bonds. The van der Waals surface area contributed by atoms with E-state index in [4.69, 9.17) is 11.5 Å². The van der Waals surface area contributed by atoms with E-state index in [0.29, 0.717) is 12.1 Å². The van der Waals surface area contributed by atoms with Gasteiger partial charge in [-0.2, -0.15) is 27.1 Å². The number of primary amides is 2. The number of carboxylic acids is 1. The molecule has 12 nitrogen and oxygen atoms in total. The third kappa shape index (κ3) is 7.07. The minimum atomic E-state index is -5.07. The fourth-order valence-corrected chi connectivity index (χ4v) is 4.60. The molecule has 1 aliphatic rings. The number of carboxylic acid groups (broad SMARTS) is 1. The number of hydrogen-bond acceptors (Lipinski definition) is 8. The van der Waals surface area contributed by atoms with Crippen molar-refractivity contribution in [2.24, 2.45) is 16.5 Å². The fraction of sp³-hybridized carbons (Fsp3) is 0.320. The molecule has 2 aromatic carbocycles. The van der Waals surface area contributed by atoms with Crippen molar-refractivity contribution in [2.45, 2.75) is 37.3 Å². The van der Waals surface area contributed by atoms with Gasteiger partial charge in [0.2, 0.25) is 11.8 Å². The highest BCUT2D eigenvalue weighted by Crippen LogP contribution is 2.40. The van der Waals surface area contributed by atoms with Crippen molar-refractivity contribution in [1.82, 2.24) is 15.1 Å². The molecule has 0 saturated heterocycles. The maximum atomic E-state index is 13.7. The van der Waals surface area contributed by atoms with E-state index < -0.39 is 72.0 Å². The number of halogens is 6. The minimum Gasteiger partial charge on any atom is -0.481 e. The summed E-state index contributed by atoms with van der Waals surface area (Å²) < 4.78 is 85.5. The monoisotopic (exact) mass is 615 g/mol. The van der Waals surface area contributed by atoms with Crippen molar-refractivity contribution >= 4 is 40.3 Å². The highest BCUT2D eigenvalue weighted by Gasteiger charge is 2.37. The van der Waals surface area contributed by atoms with Crippen molar-refractivity contribution in [3.63, 3.8) is 0 Å². The molecule has 1 aromatic heterocycles. The number of carbonyl (C=O) groups is 3. The van der Waals surface area contributed by atoms with E-state index in [1.54, 1.807) is 0 Å². The molecule has 0 bridgehead atoms. The van der Waals surface area contributed by atoms with Crippen LogP contribution in [0.3, 0.4) is 0 Å². The third-order valence-corrected chi connectivity index (χ3v) is 6.43. The Morgan fingerprint density at radius 3 is 2.44 bits per heavy atom. The van der Waals surface area contributed by atoms with Gasteiger partial charge in [-0.15, -0.1) is 0 Å². The first kappa shape index (κ1) is 30.9. The van der Waals surface area contributed by atoms with E-state index in [1.807, 2.05) is 0 Å². The summed E-state index contributed by atoms with van der Waals surface area (Å²) in [6.45, 7) is -3.76. The standard InChI is InChI=1S/C25H23F6N7O5/c26-13-7-34-24(35-8-13)37-17-3-11(21(32)41)4-18-16(17)9-36-38(18)20(22(33)42)15(6-19(39)40)10-1-12(25(29,30)31)5-14(2-10)43-23(27)28/h1-5,9,13,15,20,23H,6-8H2,(H2,32,41)(H2,33,42)(H,39,40)(H2,34,35,37)/t15-,20?/m0/s1. The summed E-state index contributed by atoms with van der Waals surface area (Å²) in [6.07, 6.45) is -6.12. The maximum absolute atomic E-state index is 13.7. The van der Waals surface area contributed by atoms with Gasteiger partial charge in [0.1, 0.15) is 18.0 Å². The van der Waals surface area contributed by atoms with Crippen molar-refractivity contribution < 1.29 is 50.6 Å².